The maximum Gasteiger partial charge on any atom is 0.0694 e. The van der Waals surface area contributed by atoms with Crippen LogP contribution in [-0.2, 0) is 11.2 Å². The molecule has 18 heavy (non-hydrogen) atoms. The van der Waals surface area contributed by atoms with Crippen LogP contribution >= 0.6 is 15.9 Å². The number of hydrogen-bond donors (Lipinski definition) is 1. The number of rotatable bonds is 3. The van der Waals surface area contributed by atoms with E-state index in [1.807, 2.05) is 0 Å². The highest BCUT2D eigenvalue weighted by Crippen LogP contribution is 2.33. The summed E-state index contributed by atoms with van der Waals surface area (Å²) in [5.74, 6) is 0. The molecule has 3 nitrogen and oxygen atoms in total. The van der Waals surface area contributed by atoms with Crippen LogP contribution in [0, 0.1) is 0 Å². The van der Waals surface area contributed by atoms with Crippen molar-refractivity contribution in [1.29, 1.82) is 0 Å². The van der Waals surface area contributed by atoms with E-state index in [9.17, 15) is 0 Å². The van der Waals surface area contributed by atoms with Gasteiger partial charge >= 0.3 is 0 Å². The van der Waals surface area contributed by atoms with Gasteiger partial charge in [-0.05, 0) is 60.4 Å². The fraction of sp³-hybridized carbons (Fsp3) is 0.571. The van der Waals surface area contributed by atoms with Crippen molar-refractivity contribution in [2.45, 2.75) is 25.8 Å². The summed E-state index contributed by atoms with van der Waals surface area (Å²) in [4.78, 5) is 2.41. The van der Waals surface area contributed by atoms with Gasteiger partial charge in [0, 0.05) is 11.0 Å². The summed E-state index contributed by atoms with van der Waals surface area (Å²) < 4.78 is 6.71. The molecule has 0 aliphatic carbocycles. The van der Waals surface area contributed by atoms with Gasteiger partial charge < -0.3 is 15.4 Å². The SMILES string of the molecule is CC1(C)COCCN1c1ccc(CCN)cc1Br. The van der Waals surface area contributed by atoms with Crippen molar-refractivity contribution >= 4 is 21.6 Å². The molecule has 0 saturated carbocycles. The van der Waals surface area contributed by atoms with Crippen molar-refractivity contribution in [3.8, 4) is 0 Å². The van der Waals surface area contributed by atoms with Crippen LogP contribution in [0.25, 0.3) is 0 Å². The molecule has 1 aliphatic rings. The molecular formula is C14H21BrN2O. The van der Waals surface area contributed by atoms with E-state index in [4.69, 9.17) is 10.5 Å². The Hall–Kier alpha value is -0.580. The fourth-order valence-corrected chi connectivity index (χ4v) is 3.04. The summed E-state index contributed by atoms with van der Waals surface area (Å²) in [5, 5.41) is 0. The Kier molecular flexibility index (Phi) is 4.30. The average Bonchev–Trinajstić information content (AvgIpc) is 2.30. The molecule has 0 aromatic heterocycles. The molecule has 0 spiro atoms. The lowest BCUT2D eigenvalue weighted by molar-refractivity contribution is 0.0643. The van der Waals surface area contributed by atoms with Gasteiger partial charge in [0.15, 0.2) is 0 Å². The van der Waals surface area contributed by atoms with E-state index < -0.39 is 0 Å². The molecule has 2 N–H and O–H groups in total. The summed E-state index contributed by atoms with van der Waals surface area (Å²) in [6, 6.07) is 6.52. The molecule has 1 fully saturated rings. The number of ether oxygens (including phenoxy) is 1. The van der Waals surface area contributed by atoms with Gasteiger partial charge in [-0.3, -0.25) is 0 Å². The van der Waals surface area contributed by atoms with Crippen LogP contribution in [0.2, 0.25) is 0 Å². The van der Waals surface area contributed by atoms with E-state index in [0.29, 0.717) is 6.54 Å². The lowest BCUT2D eigenvalue weighted by atomic mass is 10.0. The number of benzene rings is 1. The maximum atomic E-state index is 5.59. The van der Waals surface area contributed by atoms with E-state index in [2.05, 4.69) is 52.9 Å². The van der Waals surface area contributed by atoms with Gasteiger partial charge in [-0.15, -0.1) is 0 Å². The van der Waals surface area contributed by atoms with Gasteiger partial charge in [-0.2, -0.15) is 0 Å². The van der Waals surface area contributed by atoms with Crippen LogP contribution in [-0.4, -0.2) is 31.8 Å². The van der Waals surface area contributed by atoms with Crippen LogP contribution in [0.1, 0.15) is 19.4 Å². The van der Waals surface area contributed by atoms with E-state index in [1.165, 1.54) is 11.3 Å². The van der Waals surface area contributed by atoms with Crippen LogP contribution in [0.3, 0.4) is 0 Å². The second-order valence-electron chi connectivity index (χ2n) is 5.34. The second-order valence-corrected chi connectivity index (χ2v) is 6.20. The minimum atomic E-state index is 0.0379. The van der Waals surface area contributed by atoms with Crippen molar-refractivity contribution in [3.63, 3.8) is 0 Å². The average molecular weight is 313 g/mol. The van der Waals surface area contributed by atoms with Gasteiger partial charge in [0.05, 0.1) is 24.4 Å². The smallest absolute Gasteiger partial charge is 0.0694 e. The molecule has 100 valence electrons. The zero-order valence-electron chi connectivity index (χ0n) is 11.1. The maximum absolute atomic E-state index is 5.59. The largest absolute Gasteiger partial charge is 0.377 e. The number of nitrogens with zero attached hydrogens (tertiary/aromatic N) is 1. The molecule has 1 aromatic rings. The normalized spacial score (nSPS) is 19.0. The standard InChI is InChI=1S/C14H21BrN2O/c1-14(2)10-18-8-7-17(14)13-4-3-11(5-6-16)9-12(13)15/h3-4,9H,5-8,10,16H2,1-2H3. The minimum absolute atomic E-state index is 0.0379. The number of nitrogens with two attached hydrogens (primary N) is 1. The quantitative estimate of drug-likeness (QED) is 0.932. The molecule has 1 aliphatic heterocycles. The molecule has 1 aromatic carbocycles. The lowest BCUT2D eigenvalue weighted by Crippen LogP contribution is -2.53. The molecule has 0 atom stereocenters. The molecule has 1 saturated heterocycles. The third kappa shape index (κ3) is 2.87. The van der Waals surface area contributed by atoms with Crippen LogP contribution < -0.4 is 10.6 Å². The van der Waals surface area contributed by atoms with Crippen molar-refractivity contribution in [2.24, 2.45) is 5.73 Å². The number of hydrogen-bond acceptors (Lipinski definition) is 3. The van der Waals surface area contributed by atoms with E-state index in [-0.39, 0.29) is 5.54 Å². The van der Waals surface area contributed by atoms with Crippen LogP contribution in [0.15, 0.2) is 22.7 Å². The molecular weight excluding hydrogens is 292 g/mol. The first-order valence-corrected chi connectivity index (χ1v) is 7.18. The predicted molar refractivity (Wildman–Crippen MR) is 79.1 cm³/mol. The summed E-state index contributed by atoms with van der Waals surface area (Å²) in [7, 11) is 0. The molecule has 1 heterocycles. The first kappa shape index (κ1) is 13.8. The van der Waals surface area contributed by atoms with Gasteiger partial charge in [0.2, 0.25) is 0 Å². The monoisotopic (exact) mass is 312 g/mol. The molecule has 0 radical (unpaired) electrons. The summed E-state index contributed by atoms with van der Waals surface area (Å²) >= 11 is 3.68. The first-order chi connectivity index (χ1) is 8.54. The van der Waals surface area contributed by atoms with E-state index in [0.717, 1.165) is 30.7 Å². The van der Waals surface area contributed by atoms with Crippen LogP contribution in [0.4, 0.5) is 5.69 Å². The Balaban J connectivity index is 2.27. The summed E-state index contributed by atoms with van der Waals surface area (Å²) in [6.45, 7) is 7.61. The molecule has 4 heteroatoms. The Morgan fingerprint density at radius 1 is 1.44 bits per heavy atom. The summed E-state index contributed by atoms with van der Waals surface area (Å²) in [6.07, 6.45) is 0.922. The van der Waals surface area contributed by atoms with E-state index in [1.54, 1.807) is 0 Å². The molecule has 2 rings (SSSR count). The van der Waals surface area contributed by atoms with Gasteiger partial charge in [0.25, 0.3) is 0 Å². The Bertz CT molecular complexity index is 420. The topological polar surface area (TPSA) is 38.5 Å². The zero-order chi connectivity index (χ0) is 13.2. The number of morpholine rings is 1. The minimum Gasteiger partial charge on any atom is -0.377 e. The highest BCUT2D eigenvalue weighted by Gasteiger charge is 2.31. The molecule has 0 bridgehead atoms. The fourth-order valence-electron chi connectivity index (χ4n) is 2.40. The van der Waals surface area contributed by atoms with Crippen molar-refractivity contribution in [3.05, 3.63) is 28.2 Å². The van der Waals surface area contributed by atoms with Gasteiger partial charge in [-0.25, -0.2) is 0 Å². The highest BCUT2D eigenvalue weighted by atomic mass is 79.9. The van der Waals surface area contributed by atoms with Gasteiger partial charge in [0.1, 0.15) is 0 Å². The number of halogens is 1. The Morgan fingerprint density at radius 2 is 2.22 bits per heavy atom. The van der Waals surface area contributed by atoms with Crippen LogP contribution in [0.5, 0.6) is 0 Å². The lowest BCUT2D eigenvalue weighted by Gasteiger charge is -2.44. The summed E-state index contributed by atoms with van der Waals surface area (Å²) in [5.41, 5.74) is 8.15. The highest BCUT2D eigenvalue weighted by molar-refractivity contribution is 9.10. The predicted octanol–water partition coefficient (Wildman–Crippen LogP) is 2.57. The third-order valence-corrected chi connectivity index (χ3v) is 4.02. The Morgan fingerprint density at radius 3 is 2.83 bits per heavy atom. The molecule has 0 amide bonds. The van der Waals surface area contributed by atoms with Crippen molar-refractivity contribution in [1.82, 2.24) is 0 Å². The zero-order valence-corrected chi connectivity index (χ0v) is 12.7. The number of anilines is 1. The molecule has 0 unspecified atom stereocenters. The second kappa shape index (κ2) is 5.59. The van der Waals surface area contributed by atoms with Crippen molar-refractivity contribution < 1.29 is 4.74 Å². The van der Waals surface area contributed by atoms with Crippen molar-refractivity contribution in [2.75, 3.05) is 31.2 Å². The first-order valence-electron chi connectivity index (χ1n) is 6.38. The van der Waals surface area contributed by atoms with E-state index >= 15 is 0 Å². The third-order valence-electron chi connectivity index (χ3n) is 3.38. The Labute approximate surface area is 117 Å². The van der Waals surface area contributed by atoms with Gasteiger partial charge in [-0.1, -0.05) is 6.07 Å².